The van der Waals surface area contributed by atoms with E-state index in [1.54, 1.807) is 0 Å². The van der Waals surface area contributed by atoms with E-state index >= 15 is 0 Å². The lowest BCUT2D eigenvalue weighted by Gasteiger charge is -2.14. The first-order chi connectivity index (χ1) is 12.3. The number of aryl methyl sites for hydroxylation is 2. The van der Waals surface area contributed by atoms with E-state index < -0.39 is 21.8 Å². The number of primary sulfonamides is 1. The summed E-state index contributed by atoms with van der Waals surface area (Å²) in [4.78, 5) is 24.3. The summed E-state index contributed by atoms with van der Waals surface area (Å²) < 4.78 is 22.4. The summed E-state index contributed by atoms with van der Waals surface area (Å²) in [6.07, 6.45) is 1.44. The smallest absolute Gasteiger partial charge is 0.314 e. The van der Waals surface area contributed by atoms with E-state index in [0.29, 0.717) is 5.69 Å². The molecule has 2 aromatic carbocycles. The Bertz CT molecular complexity index is 900. The van der Waals surface area contributed by atoms with Crippen molar-refractivity contribution in [3.8, 4) is 0 Å². The van der Waals surface area contributed by atoms with Gasteiger partial charge in [-0.25, -0.2) is 13.6 Å². The maximum absolute atomic E-state index is 12.2. The minimum absolute atomic E-state index is 0.0792. The van der Waals surface area contributed by atoms with Crippen LogP contribution in [0.15, 0.2) is 47.4 Å². The number of benzene rings is 2. The molecule has 0 saturated carbocycles. The minimum atomic E-state index is -3.81. The zero-order valence-electron chi connectivity index (χ0n) is 14.6. The van der Waals surface area contributed by atoms with Gasteiger partial charge in [0.25, 0.3) is 0 Å². The molecule has 0 aliphatic rings. The molecule has 0 bridgehead atoms. The Labute approximate surface area is 152 Å². The highest BCUT2D eigenvalue weighted by atomic mass is 32.2. The van der Waals surface area contributed by atoms with Crippen LogP contribution in [0.2, 0.25) is 0 Å². The number of rotatable bonds is 5. The van der Waals surface area contributed by atoms with Crippen molar-refractivity contribution in [1.29, 1.82) is 0 Å². The molecular formula is C18H21N3O4S. The third-order valence-corrected chi connectivity index (χ3v) is 4.81. The number of carbonyl (C=O) groups is 2. The second-order valence-electron chi connectivity index (χ2n) is 5.64. The molecule has 138 valence electrons. The van der Waals surface area contributed by atoms with E-state index in [1.165, 1.54) is 24.3 Å². The van der Waals surface area contributed by atoms with E-state index in [4.69, 9.17) is 5.14 Å². The van der Waals surface area contributed by atoms with Crippen LogP contribution in [0.4, 0.5) is 11.4 Å². The summed E-state index contributed by atoms with van der Waals surface area (Å²) in [6, 6.07) is 11.0. The first-order valence-corrected chi connectivity index (χ1v) is 9.66. The van der Waals surface area contributed by atoms with Gasteiger partial charge in [-0.05, 0) is 48.2 Å². The maximum atomic E-state index is 12.2. The average molecular weight is 375 g/mol. The molecule has 0 aliphatic heterocycles. The SMILES string of the molecule is CCc1cccc(CC)c1NC(=O)C(=O)Nc1ccc(S(N)(=O)=O)cc1. The number of hydrogen-bond acceptors (Lipinski definition) is 4. The lowest BCUT2D eigenvalue weighted by atomic mass is 10.0. The number of sulfonamides is 1. The molecule has 4 N–H and O–H groups in total. The highest BCUT2D eigenvalue weighted by Gasteiger charge is 2.17. The van der Waals surface area contributed by atoms with Gasteiger partial charge in [0.2, 0.25) is 10.0 Å². The van der Waals surface area contributed by atoms with E-state index in [-0.39, 0.29) is 10.6 Å². The van der Waals surface area contributed by atoms with Crippen molar-refractivity contribution in [2.45, 2.75) is 31.6 Å². The molecule has 0 atom stereocenters. The number of amides is 2. The van der Waals surface area contributed by atoms with Crippen molar-refractivity contribution in [2.24, 2.45) is 5.14 Å². The molecule has 0 radical (unpaired) electrons. The predicted molar refractivity (Wildman–Crippen MR) is 100 cm³/mol. The summed E-state index contributed by atoms with van der Waals surface area (Å²) in [6.45, 7) is 3.94. The van der Waals surface area contributed by atoms with Crippen LogP contribution in [-0.4, -0.2) is 20.2 Å². The van der Waals surface area contributed by atoms with Gasteiger partial charge >= 0.3 is 11.8 Å². The highest BCUT2D eigenvalue weighted by Crippen LogP contribution is 2.22. The van der Waals surface area contributed by atoms with E-state index in [1.807, 2.05) is 32.0 Å². The molecule has 8 heteroatoms. The Morgan fingerprint density at radius 3 is 1.85 bits per heavy atom. The summed E-state index contributed by atoms with van der Waals surface area (Å²) in [5.74, 6) is -1.64. The largest absolute Gasteiger partial charge is 0.318 e. The molecule has 2 rings (SSSR count). The van der Waals surface area contributed by atoms with Gasteiger partial charge in [0.05, 0.1) is 4.90 Å². The molecular weight excluding hydrogens is 354 g/mol. The molecule has 0 fully saturated rings. The normalized spacial score (nSPS) is 11.0. The number of carbonyl (C=O) groups excluding carboxylic acids is 2. The van der Waals surface area contributed by atoms with Crippen LogP contribution in [0.3, 0.4) is 0 Å². The first-order valence-electron chi connectivity index (χ1n) is 8.12. The standard InChI is InChI=1S/C18H21N3O4S/c1-3-12-6-5-7-13(4-2)16(12)21-18(23)17(22)20-14-8-10-15(11-9-14)26(19,24)25/h5-11H,3-4H2,1-2H3,(H,20,22)(H,21,23)(H2,19,24,25). The summed E-state index contributed by atoms with van der Waals surface area (Å²) >= 11 is 0. The third-order valence-electron chi connectivity index (χ3n) is 3.88. The fraction of sp³-hybridized carbons (Fsp3) is 0.222. The van der Waals surface area contributed by atoms with Crippen LogP contribution < -0.4 is 15.8 Å². The Morgan fingerprint density at radius 2 is 1.38 bits per heavy atom. The number of anilines is 2. The summed E-state index contributed by atoms with van der Waals surface area (Å²) in [5, 5.41) is 10.1. The van der Waals surface area contributed by atoms with Crippen molar-refractivity contribution in [3.63, 3.8) is 0 Å². The van der Waals surface area contributed by atoms with E-state index in [9.17, 15) is 18.0 Å². The van der Waals surface area contributed by atoms with E-state index in [0.717, 1.165) is 24.0 Å². The van der Waals surface area contributed by atoms with Crippen LogP contribution in [0, 0.1) is 0 Å². The highest BCUT2D eigenvalue weighted by molar-refractivity contribution is 7.89. The van der Waals surface area contributed by atoms with Crippen LogP contribution >= 0.6 is 0 Å². The Hall–Kier alpha value is -2.71. The third kappa shape index (κ3) is 4.68. The molecule has 0 spiro atoms. The van der Waals surface area contributed by atoms with Gasteiger partial charge < -0.3 is 10.6 Å². The van der Waals surface area contributed by atoms with Crippen LogP contribution in [-0.2, 0) is 32.5 Å². The predicted octanol–water partition coefficient (Wildman–Crippen LogP) is 2.04. The number of nitrogens with one attached hydrogen (secondary N) is 2. The van der Waals surface area contributed by atoms with Gasteiger partial charge in [-0.3, -0.25) is 9.59 Å². The molecule has 0 saturated heterocycles. The van der Waals surface area contributed by atoms with Crippen molar-refractivity contribution >= 4 is 33.2 Å². The van der Waals surface area contributed by atoms with E-state index in [2.05, 4.69) is 10.6 Å². The first kappa shape index (κ1) is 19.6. The molecule has 2 amide bonds. The monoisotopic (exact) mass is 375 g/mol. The molecule has 0 unspecified atom stereocenters. The number of nitrogens with two attached hydrogens (primary N) is 1. The lowest BCUT2D eigenvalue weighted by Crippen LogP contribution is -2.30. The molecule has 7 nitrogen and oxygen atoms in total. The number of hydrogen-bond donors (Lipinski definition) is 3. The molecule has 0 aliphatic carbocycles. The fourth-order valence-electron chi connectivity index (χ4n) is 2.49. The van der Waals surface area contributed by atoms with Crippen molar-refractivity contribution < 1.29 is 18.0 Å². The van der Waals surface area contributed by atoms with Crippen LogP contribution in [0.5, 0.6) is 0 Å². The van der Waals surface area contributed by atoms with Crippen molar-refractivity contribution in [3.05, 3.63) is 53.6 Å². The second-order valence-corrected chi connectivity index (χ2v) is 7.20. The van der Waals surface area contributed by atoms with Crippen LogP contribution in [0.1, 0.15) is 25.0 Å². The Kier molecular flexibility index (Phi) is 6.12. The van der Waals surface area contributed by atoms with Gasteiger partial charge in [-0.2, -0.15) is 0 Å². The molecule has 0 heterocycles. The van der Waals surface area contributed by atoms with Crippen molar-refractivity contribution in [1.82, 2.24) is 0 Å². The molecule has 2 aromatic rings. The molecule has 0 aromatic heterocycles. The van der Waals surface area contributed by atoms with Crippen molar-refractivity contribution in [2.75, 3.05) is 10.6 Å². The summed E-state index contributed by atoms with van der Waals surface area (Å²) in [5.41, 5.74) is 2.84. The zero-order valence-corrected chi connectivity index (χ0v) is 15.4. The Balaban J connectivity index is 2.13. The second kappa shape index (κ2) is 8.11. The minimum Gasteiger partial charge on any atom is -0.318 e. The molecule has 26 heavy (non-hydrogen) atoms. The van der Waals surface area contributed by atoms with Gasteiger partial charge in [-0.1, -0.05) is 32.0 Å². The van der Waals surface area contributed by atoms with Crippen LogP contribution in [0.25, 0.3) is 0 Å². The topological polar surface area (TPSA) is 118 Å². The quantitative estimate of drug-likeness (QED) is 0.693. The number of para-hydroxylation sites is 1. The average Bonchev–Trinajstić information content (AvgIpc) is 2.61. The maximum Gasteiger partial charge on any atom is 0.314 e. The lowest BCUT2D eigenvalue weighted by molar-refractivity contribution is -0.133. The van der Waals surface area contributed by atoms with Gasteiger partial charge in [0, 0.05) is 11.4 Å². The van der Waals surface area contributed by atoms with Gasteiger partial charge in [0.1, 0.15) is 0 Å². The summed E-state index contributed by atoms with van der Waals surface area (Å²) in [7, 11) is -3.81. The van der Waals surface area contributed by atoms with Gasteiger partial charge in [-0.15, -0.1) is 0 Å². The van der Waals surface area contributed by atoms with Gasteiger partial charge in [0.15, 0.2) is 0 Å². The Morgan fingerprint density at radius 1 is 0.885 bits per heavy atom. The zero-order chi connectivity index (χ0) is 19.3. The fourth-order valence-corrected chi connectivity index (χ4v) is 3.00.